The molecule has 3 amide bonds. The maximum Gasteiger partial charge on any atom is 0.317 e. The molecule has 1 fully saturated rings. The van der Waals surface area contributed by atoms with Crippen molar-refractivity contribution in [3.8, 4) is 0 Å². The fourth-order valence-electron chi connectivity index (χ4n) is 2.82. The van der Waals surface area contributed by atoms with Gasteiger partial charge in [-0.3, -0.25) is 14.6 Å². The molecule has 26 heavy (non-hydrogen) atoms. The summed E-state index contributed by atoms with van der Waals surface area (Å²) in [6, 6.07) is 9.39. The van der Waals surface area contributed by atoms with Gasteiger partial charge in [-0.15, -0.1) is 0 Å². The van der Waals surface area contributed by atoms with Crippen molar-refractivity contribution in [1.29, 1.82) is 0 Å². The number of carbonyl (C=O) groups excluding carboxylic acids is 3. The van der Waals surface area contributed by atoms with Crippen molar-refractivity contribution in [1.82, 2.24) is 20.5 Å². The molecule has 8 nitrogen and oxygen atoms in total. The number of hydrogen-bond acceptors (Lipinski definition) is 5. The zero-order chi connectivity index (χ0) is 18.9. The molecule has 1 aromatic carbocycles. The molecule has 0 unspecified atom stereocenters. The second-order valence-electron chi connectivity index (χ2n) is 6.23. The van der Waals surface area contributed by atoms with Crippen molar-refractivity contribution in [2.75, 3.05) is 26.7 Å². The number of benzene rings is 1. The summed E-state index contributed by atoms with van der Waals surface area (Å²) in [6.45, 7) is 2.68. The minimum atomic E-state index is -0.211. The SMILES string of the molecule is CC(=O)CNC(=O)N1CCC(N(C)/N=C(\NC=O)c2ccccc2)CC1. The summed E-state index contributed by atoms with van der Waals surface area (Å²) in [5, 5.41) is 11.6. The van der Waals surface area contributed by atoms with E-state index >= 15 is 0 Å². The lowest BCUT2D eigenvalue weighted by atomic mass is 10.1. The van der Waals surface area contributed by atoms with Gasteiger partial charge in [0.1, 0.15) is 5.78 Å². The minimum absolute atomic E-state index is 0.0563. The minimum Gasteiger partial charge on any atom is -0.331 e. The number of piperidine rings is 1. The summed E-state index contributed by atoms with van der Waals surface area (Å²) in [5.41, 5.74) is 0.826. The van der Waals surface area contributed by atoms with Crippen LogP contribution in [0.1, 0.15) is 25.3 Å². The standard InChI is InChI=1S/C18H25N5O3/c1-14(25)12-19-18(26)23-10-8-16(9-11-23)22(2)21-17(20-13-24)15-6-4-3-5-7-15/h3-7,13,16H,8-12H2,1-2H3,(H,19,26)(H,20,21,24). The van der Waals surface area contributed by atoms with Crippen molar-refractivity contribution in [2.24, 2.45) is 5.10 Å². The van der Waals surface area contributed by atoms with Crippen molar-refractivity contribution in [2.45, 2.75) is 25.8 Å². The summed E-state index contributed by atoms with van der Waals surface area (Å²) < 4.78 is 0. The number of nitrogens with zero attached hydrogens (tertiary/aromatic N) is 3. The van der Waals surface area contributed by atoms with Crippen LogP contribution >= 0.6 is 0 Å². The van der Waals surface area contributed by atoms with Crippen molar-refractivity contribution in [3.05, 3.63) is 35.9 Å². The maximum atomic E-state index is 12.0. The number of amides is 3. The molecule has 0 radical (unpaired) electrons. The van der Waals surface area contributed by atoms with E-state index in [0.29, 0.717) is 25.3 Å². The van der Waals surface area contributed by atoms with Crippen LogP contribution < -0.4 is 10.6 Å². The van der Waals surface area contributed by atoms with E-state index in [4.69, 9.17) is 0 Å². The van der Waals surface area contributed by atoms with Crippen LogP contribution in [0, 0.1) is 0 Å². The molecule has 0 saturated carbocycles. The molecule has 2 rings (SSSR count). The number of rotatable bonds is 6. The van der Waals surface area contributed by atoms with Gasteiger partial charge in [-0.05, 0) is 19.8 Å². The largest absolute Gasteiger partial charge is 0.331 e. The number of Topliss-reactive ketones (excluding diaryl/α,β-unsaturated/α-hetero) is 1. The van der Waals surface area contributed by atoms with Gasteiger partial charge in [-0.1, -0.05) is 30.3 Å². The third-order valence-corrected chi connectivity index (χ3v) is 4.27. The molecular weight excluding hydrogens is 334 g/mol. The molecule has 0 aliphatic carbocycles. The summed E-state index contributed by atoms with van der Waals surface area (Å²) in [5.74, 6) is 0.420. The Morgan fingerprint density at radius 1 is 1.27 bits per heavy atom. The molecule has 140 valence electrons. The first-order valence-electron chi connectivity index (χ1n) is 8.60. The Bertz CT molecular complexity index is 654. The normalized spacial score (nSPS) is 15.3. The van der Waals surface area contributed by atoms with Crippen LogP contribution in [0.3, 0.4) is 0 Å². The van der Waals surface area contributed by atoms with Gasteiger partial charge in [0.2, 0.25) is 6.41 Å². The average Bonchev–Trinajstić information content (AvgIpc) is 2.66. The number of carbonyl (C=O) groups is 3. The van der Waals surface area contributed by atoms with Gasteiger partial charge >= 0.3 is 6.03 Å². The van der Waals surface area contributed by atoms with E-state index in [-0.39, 0.29) is 24.4 Å². The van der Waals surface area contributed by atoms with Gasteiger partial charge in [0.05, 0.1) is 12.6 Å². The van der Waals surface area contributed by atoms with Gasteiger partial charge in [0.25, 0.3) is 0 Å². The van der Waals surface area contributed by atoms with Crippen molar-refractivity contribution < 1.29 is 14.4 Å². The van der Waals surface area contributed by atoms with Crippen LogP contribution in [0.25, 0.3) is 0 Å². The summed E-state index contributed by atoms with van der Waals surface area (Å²) in [4.78, 5) is 35.6. The van der Waals surface area contributed by atoms with Gasteiger partial charge in [0, 0.05) is 25.7 Å². The third-order valence-electron chi connectivity index (χ3n) is 4.27. The lowest BCUT2D eigenvalue weighted by molar-refractivity contribution is -0.116. The number of hydrogen-bond donors (Lipinski definition) is 2. The van der Waals surface area contributed by atoms with E-state index in [1.807, 2.05) is 42.4 Å². The Morgan fingerprint density at radius 2 is 1.92 bits per heavy atom. The molecule has 0 bridgehead atoms. The van der Waals surface area contributed by atoms with Gasteiger partial charge < -0.3 is 15.5 Å². The second-order valence-corrected chi connectivity index (χ2v) is 6.23. The van der Waals surface area contributed by atoms with Crippen LogP contribution in [0.15, 0.2) is 35.4 Å². The zero-order valence-electron chi connectivity index (χ0n) is 15.1. The van der Waals surface area contributed by atoms with Crippen molar-refractivity contribution in [3.63, 3.8) is 0 Å². The summed E-state index contributed by atoms with van der Waals surface area (Å²) in [6.07, 6.45) is 2.13. The highest BCUT2D eigenvalue weighted by atomic mass is 16.2. The van der Waals surface area contributed by atoms with Crippen LogP contribution in [0.2, 0.25) is 0 Å². The van der Waals surface area contributed by atoms with Gasteiger partial charge in [-0.2, -0.15) is 5.10 Å². The predicted molar refractivity (Wildman–Crippen MR) is 98.6 cm³/mol. The number of hydrazone groups is 1. The van der Waals surface area contributed by atoms with Gasteiger partial charge in [-0.25, -0.2) is 4.79 Å². The topological polar surface area (TPSA) is 94.1 Å². The number of amidine groups is 1. The van der Waals surface area contributed by atoms with Crippen LogP contribution in [0.5, 0.6) is 0 Å². The number of likely N-dealkylation sites (tertiary alicyclic amines) is 1. The van der Waals surface area contributed by atoms with E-state index in [1.54, 1.807) is 4.90 Å². The number of ketones is 1. The number of urea groups is 1. The highest BCUT2D eigenvalue weighted by Gasteiger charge is 2.25. The fourth-order valence-corrected chi connectivity index (χ4v) is 2.82. The molecule has 8 heteroatoms. The van der Waals surface area contributed by atoms with E-state index in [9.17, 15) is 14.4 Å². The number of nitrogens with one attached hydrogen (secondary N) is 2. The third kappa shape index (κ3) is 5.58. The van der Waals surface area contributed by atoms with Crippen LogP contribution in [0.4, 0.5) is 4.79 Å². The van der Waals surface area contributed by atoms with Gasteiger partial charge in [0.15, 0.2) is 5.84 Å². The summed E-state index contributed by atoms with van der Waals surface area (Å²) >= 11 is 0. The zero-order valence-corrected chi connectivity index (χ0v) is 15.1. The lowest BCUT2D eigenvalue weighted by Gasteiger charge is -2.35. The molecule has 1 aliphatic heterocycles. The Hall–Kier alpha value is -2.90. The predicted octanol–water partition coefficient (Wildman–Crippen LogP) is 0.789. The average molecular weight is 359 g/mol. The molecular formula is C18H25N5O3. The highest BCUT2D eigenvalue weighted by Crippen LogP contribution is 2.16. The lowest BCUT2D eigenvalue weighted by Crippen LogP contribution is -2.49. The Balaban J connectivity index is 1.94. The maximum absolute atomic E-state index is 12.0. The smallest absolute Gasteiger partial charge is 0.317 e. The van der Waals surface area contributed by atoms with E-state index in [1.165, 1.54) is 6.92 Å². The molecule has 1 saturated heterocycles. The van der Waals surface area contributed by atoms with E-state index < -0.39 is 0 Å². The molecule has 1 aromatic rings. The van der Waals surface area contributed by atoms with Crippen molar-refractivity contribution >= 4 is 24.1 Å². The molecule has 1 heterocycles. The Morgan fingerprint density at radius 3 is 2.50 bits per heavy atom. The monoisotopic (exact) mass is 359 g/mol. The molecule has 0 atom stereocenters. The first-order chi connectivity index (χ1) is 12.5. The van der Waals surface area contributed by atoms with Crippen LogP contribution in [-0.4, -0.2) is 66.7 Å². The highest BCUT2D eigenvalue weighted by molar-refractivity contribution is 6.03. The molecule has 0 aromatic heterocycles. The molecule has 0 spiro atoms. The quantitative estimate of drug-likeness (QED) is 0.340. The summed E-state index contributed by atoms with van der Waals surface area (Å²) in [7, 11) is 1.87. The van der Waals surface area contributed by atoms with E-state index in [2.05, 4.69) is 15.7 Å². The Kier molecular flexibility index (Phi) is 7.13. The first-order valence-corrected chi connectivity index (χ1v) is 8.60. The fraction of sp³-hybridized carbons (Fsp3) is 0.444. The first kappa shape index (κ1) is 19.4. The molecule has 1 aliphatic rings. The van der Waals surface area contributed by atoms with Crippen LogP contribution in [-0.2, 0) is 9.59 Å². The van der Waals surface area contributed by atoms with E-state index in [0.717, 1.165) is 18.4 Å². The Labute approximate surface area is 153 Å². The molecule has 2 N–H and O–H groups in total. The second kappa shape index (κ2) is 9.55.